The lowest BCUT2D eigenvalue weighted by molar-refractivity contribution is 0.0697. The standard InChI is InChI=1S/C12H14BrN3O2/c1-8(2)16-4-3-10(14-16)7-15-6-9(12(17)18)5-11(15)13/h3-6,8H,7H2,1-2H3,(H,17,18). The van der Waals surface area contributed by atoms with Crippen LogP contribution in [0.1, 0.15) is 35.9 Å². The highest BCUT2D eigenvalue weighted by Crippen LogP contribution is 2.17. The van der Waals surface area contributed by atoms with Gasteiger partial charge >= 0.3 is 5.97 Å². The predicted octanol–water partition coefficient (Wildman–Crippen LogP) is 2.77. The fourth-order valence-corrected chi connectivity index (χ4v) is 2.11. The average Bonchev–Trinajstić information content (AvgIpc) is 2.87. The van der Waals surface area contributed by atoms with Crippen molar-refractivity contribution in [3.8, 4) is 0 Å². The number of rotatable bonds is 4. The number of carbonyl (C=O) groups is 1. The zero-order valence-electron chi connectivity index (χ0n) is 10.2. The van der Waals surface area contributed by atoms with Gasteiger partial charge in [0.25, 0.3) is 0 Å². The van der Waals surface area contributed by atoms with Crippen LogP contribution in [0.25, 0.3) is 0 Å². The Labute approximate surface area is 113 Å². The van der Waals surface area contributed by atoms with E-state index in [1.54, 1.807) is 12.3 Å². The Bertz CT molecular complexity index is 572. The minimum atomic E-state index is -0.929. The molecule has 2 rings (SSSR count). The number of halogens is 1. The third-order valence-electron chi connectivity index (χ3n) is 2.62. The minimum absolute atomic E-state index is 0.269. The normalized spacial score (nSPS) is 11.1. The number of hydrogen-bond acceptors (Lipinski definition) is 2. The van der Waals surface area contributed by atoms with Gasteiger partial charge in [0.1, 0.15) is 0 Å². The fraction of sp³-hybridized carbons (Fsp3) is 0.333. The summed E-state index contributed by atoms with van der Waals surface area (Å²) in [5.74, 6) is -0.929. The van der Waals surface area contributed by atoms with Gasteiger partial charge in [-0.2, -0.15) is 5.10 Å². The third-order valence-corrected chi connectivity index (χ3v) is 3.30. The number of carboxylic acids is 1. The summed E-state index contributed by atoms with van der Waals surface area (Å²) in [6.07, 6.45) is 3.52. The number of nitrogens with zero attached hydrogens (tertiary/aromatic N) is 3. The Morgan fingerprint density at radius 1 is 1.56 bits per heavy atom. The van der Waals surface area contributed by atoms with Crippen molar-refractivity contribution in [3.05, 3.63) is 40.4 Å². The van der Waals surface area contributed by atoms with Gasteiger partial charge in [-0.1, -0.05) is 0 Å². The van der Waals surface area contributed by atoms with Crippen LogP contribution in [0.3, 0.4) is 0 Å². The molecule has 2 aromatic heterocycles. The van der Waals surface area contributed by atoms with E-state index in [4.69, 9.17) is 5.11 Å². The second-order valence-corrected chi connectivity index (χ2v) is 5.18. The van der Waals surface area contributed by atoms with Crippen molar-refractivity contribution in [2.75, 3.05) is 0 Å². The maximum atomic E-state index is 10.9. The molecular weight excluding hydrogens is 298 g/mol. The molecule has 0 spiro atoms. The smallest absolute Gasteiger partial charge is 0.337 e. The van der Waals surface area contributed by atoms with Gasteiger partial charge in [-0.15, -0.1) is 0 Å². The largest absolute Gasteiger partial charge is 0.478 e. The average molecular weight is 312 g/mol. The van der Waals surface area contributed by atoms with Crippen LogP contribution in [0.5, 0.6) is 0 Å². The van der Waals surface area contributed by atoms with Crippen molar-refractivity contribution in [1.82, 2.24) is 14.3 Å². The summed E-state index contributed by atoms with van der Waals surface area (Å²) in [5, 5.41) is 13.3. The first kappa shape index (κ1) is 12.9. The molecule has 18 heavy (non-hydrogen) atoms. The summed E-state index contributed by atoms with van der Waals surface area (Å²) in [6.45, 7) is 4.67. The van der Waals surface area contributed by atoms with Crippen LogP contribution in [0, 0.1) is 0 Å². The summed E-state index contributed by atoms with van der Waals surface area (Å²) >= 11 is 3.34. The molecule has 0 bridgehead atoms. The molecule has 0 amide bonds. The maximum absolute atomic E-state index is 10.9. The van der Waals surface area contributed by atoms with E-state index in [0.717, 1.165) is 10.3 Å². The van der Waals surface area contributed by atoms with Crippen LogP contribution in [0.2, 0.25) is 0 Å². The van der Waals surface area contributed by atoms with E-state index in [9.17, 15) is 4.79 Å². The number of hydrogen-bond donors (Lipinski definition) is 1. The second kappa shape index (κ2) is 4.97. The lowest BCUT2D eigenvalue weighted by Crippen LogP contribution is -2.04. The summed E-state index contributed by atoms with van der Waals surface area (Å²) in [6, 6.07) is 3.84. The summed E-state index contributed by atoms with van der Waals surface area (Å²) < 4.78 is 4.43. The van der Waals surface area contributed by atoms with Crippen LogP contribution < -0.4 is 0 Å². The topological polar surface area (TPSA) is 60.0 Å². The van der Waals surface area contributed by atoms with Gasteiger partial charge in [-0.25, -0.2) is 4.79 Å². The summed E-state index contributed by atoms with van der Waals surface area (Å²) in [7, 11) is 0. The van der Waals surface area contributed by atoms with Gasteiger partial charge in [0.15, 0.2) is 0 Å². The zero-order chi connectivity index (χ0) is 13.3. The molecule has 5 nitrogen and oxygen atoms in total. The van der Waals surface area contributed by atoms with Crippen LogP contribution in [0.4, 0.5) is 0 Å². The molecule has 0 aliphatic carbocycles. The van der Waals surface area contributed by atoms with E-state index in [1.807, 2.05) is 21.5 Å². The number of carboxylic acid groups (broad SMARTS) is 1. The van der Waals surface area contributed by atoms with Gasteiger partial charge < -0.3 is 9.67 Å². The monoisotopic (exact) mass is 311 g/mol. The number of aromatic nitrogens is 3. The number of aromatic carboxylic acids is 1. The van der Waals surface area contributed by atoms with Crippen LogP contribution >= 0.6 is 15.9 Å². The van der Waals surface area contributed by atoms with Gasteiger partial charge in [0, 0.05) is 18.4 Å². The summed E-state index contributed by atoms with van der Waals surface area (Å²) in [4.78, 5) is 10.9. The first-order valence-corrected chi connectivity index (χ1v) is 6.39. The molecule has 0 saturated carbocycles. The van der Waals surface area contributed by atoms with Gasteiger partial charge in [-0.3, -0.25) is 4.68 Å². The molecule has 6 heteroatoms. The Hall–Kier alpha value is -1.56. The fourth-order valence-electron chi connectivity index (χ4n) is 1.64. The lowest BCUT2D eigenvalue weighted by atomic mass is 10.3. The van der Waals surface area contributed by atoms with Crippen LogP contribution in [-0.2, 0) is 6.54 Å². The van der Waals surface area contributed by atoms with E-state index in [1.165, 1.54) is 0 Å². The molecular formula is C12H14BrN3O2. The van der Waals surface area contributed by atoms with Crippen LogP contribution in [-0.4, -0.2) is 25.4 Å². The molecule has 0 fully saturated rings. The first-order valence-electron chi connectivity index (χ1n) is 5.60. The molecule has 0 atom stereocenters. The first-order chi connectivity index (χ1) is 8.47. The molecule has 0 radical (unpaired) electrons. The van der Waals surface area contributed by atoms with E-state index in [0.29, 0.717) is 12.6 Å². The zero-order valence-corrected chi connectivity index (χ0v) is 11.8. The summed E-state index contributed by atoms with van der Waals surface area (Å²) in [5.41, 5.74) is 1.17. The van der Waals surface area contributed by atoms with Crippen molar-refractivity contribution in [1.29, 1.82) is 0 Å². The molecule has 96 valence electrons. The van der Waals surface area contributed by atoms with Crippen molar-refractivity contribution in [2.24, 2.45) is 0 Å². The van der Waals surface area contributed by atoms with Crippen LogP contribution in [0.15, 0.2) is 29.1 Å². The quantitative estimate of drug-likeness (QED) is 0.944. The minimum Gasteiger partial charge on any atom is -0.478 e. The van der Waals surface area contributed by atoms with E-state index < -0.39 is 5.97 Å². The third kappa shape index (κ3) is 2.64. The van der Waals surface area contributed by atoms with Gasteiger partial charge in [0.2, 0.25) is 0 Å². The second-order valence-electron chi connectivity index (χ2n) is 4.37. The Morgan fingerprint density at radius 3 is 2.78 bits per heavy atom. The van der Waals surface area contributed by atoms with Gasteiger partial charge in [0.05, 0.1) is 22.4 Å². The Morgan fingerprint density at radius 2 is 2.28 bits per heavy atom. The highest BCUT2D eigenvalue weighted by molar-refractivity contribution is 9.10. The molecule has 2 aromatic rings. The Kier molecular flexibility index (Phi) is 3.56. The van der Waals surface area contributed by atoms with E-state index in [-0.39, 0.29) is 5.56 Å². The Balaban J connectivity index is 2.20. The van der Waals surface area contributed by atoms with Crippen molar-refractivity contribution < 1.29 is 9.90 Å². The molecule has 0 saturated heterocycles. The highest BCUT2D eigenvalue weighted by atomic mass is 79.9. The molecule has 0 aliphatic heterocycles. The lowest BCUT2D eigenvalue weighted by Gasteiger charge is -2.05. The predicted molar refractivity (Wildman–Crippen MR) is 70.8 cm³/mol. The van der Waals surface area contributed by atoms with Crippen molar-refractivity contribution >= 4 is 21.9 Å². The van der Waals surface area contributed by atoms with E-state index in [2.05, 4.69) is 34.9 Å². The van der Waals surface area contributed by atoms with Crippen molar-refractivity contribution in [2.45, 2.75) is 26.4 Å². The molecule has 0 aliphatic rings. The molecule has 1 N–H and O–H groups in total. The molecule has 0 unspecified atom stereocenters. The molecule has 0 aromatic carbocycles. The van der Waals surface area contributed by atoms with Gasteiger partial charge in [-0.05, 0) is 41.9 Å². The van der Waals surface area contributed by atoms with E-state index >= 15 is 0 Å². The molecule has 2 heterocycles. The maximum Gasteiger partial charge on any atom is 0.337 e. The highest BCUT2D eigenvalue weighted by Gasteiger charge is 2.10. The van der Waals surface area contributed by atoms with Crippen molar-refractivity contribution in [3.63, 3.8) is 0 Å². The SMILES string of the molecule is CC(C)n1ccc(Cn2cc(C(=O)O)cc2Br)n1.